The maximum atomic E-state index is 13.2. The molecule has 2 aromatic carbocycles. The van der Waals surface area contributed by atoms with Gasteiger partial charge < -0.3 is 10.0 Å². The van der Waals surface area contributed by atoms with E-state index in [1.807, 2.05) is 6.07 Å². The summed E-state index contributed by atoms with van der Waals surface area (Å²) >= 11 is 0. The third kappa shape index (κ3) is 4.14. The number of carbonyl (C=O) groups excluding carboxylic acids is 1. The Hall–Kier alpha value is -2.69. The van der Waals surface area contributed by atoms with Crippen LogP contribution in [0.25, 0.3) is 0 Å². The average molecular weight is 287 g/mol. The fourth-order valence-corrected chi connectivity index (χ4v) is 1.97. The van der Waals surface area contributed by atoms with E-state index in [4.69, 9.17) is 5.11 Å². The number of halogens is 1. The number of hydrogen-bond donors (Lipinski definition) is 1. The summed E-state index contributed by atoms with van der Waals surface area (Å²) in [6.45, 7) is -0.285. The highest BCUT2D eigenvalue weighted by molar-refractivity contribution is 5.95. The highest BCUT2D eigenvalue weighted by atomic mass is 19.1. The van der Waals surface area contributed by atoms with E-state index in [2.05, 4.69) is 0 Å². The third-order valence-electron chi connectivity index (χ3n) is 2.90. The lowest BCUT2D eigenvalue weighted by Gasteiger charge is -2.21. The van der Waals surface area contributed by atoms with E-state index < -0.39 is 24.2 Å². The van der Waals surface area contributed by atoms with Crippen molar-refractivity contribution in [1.29, 1.82) is 0 Å². The van der Waals surface area contributed by atoms with Crippen LogP contribution in [0.2, 0.25) is 0 Å². The maximum absolute atomic E-state index is 13.2. The van der Waals surface area contributed by atoms with E-state index in [9.17, 15) is 14.0 Å². The van der Waals surface area contributed by atoms with Crippen molar-refractivity contribution in [3.63, 3.8) is 0 Å². The van der Waals surface area contributed by atoms with Gasteiger partial charge in [0, 0.05) is 12.1 Å². The second-order valence-corrected chi connectivity index (χ2v) is 4.55. The van der Waals surface area contributed by atoms with Gasteiger partial charge in [-0.2, -0.15) is 0 Å². The lowest BCUT2D eigenvalue weighted by molar-refractivity contribution is -0.137. The van der Waals surface area contributed by atoms with Crippen molar-refractivity contribution in [2.45, 2.75) is 6.54 Å². The second kappa shape index (κ2) is 6.65. The molecule has 1 N–H and O–H groups in total. The molecule has 0 aromatic heterocycles. The van der Waals surface area contributed by atoms with Gasteiger partial charge in [0.05, 0.1) is 0 Å². The van der Waals surface area contributed by atoms with Crippen LogP contribution >= 0.6 is 0 Å². The number of nitrogens with zero attached hydrogens (tertiary/aromatic N) is 1. The number of benzene rings is 2. The summed E-state index contributed by atoms with van der Waals surface area (Å²) in [6.07, 6.45) is 0. The molecule has 21 heavy (non-hydrogen) atoms. The van der Waals surface area contributed by atoms with E-state index in [-0.39, 0.29) is 12.1 Å². The molecule has 108 valence electrons. The van der Waals surface area contributed by atoms with Gasteiger partial charge in [0.1, 0.15) is 12.4 Å². The van der Waals surface area contributed by atoms with Crippen LogP contribution in [-0.2, 0) is 11.3 Å². The number of carboxylic acids is 1. The van der Waals surface area contributed by atoms with E-state index in [0.29, 0.717) is 0 Å². The first-order valence-corrected chi connectivity index (χ1v) is 6.37. The normalized spacial score (nSPS) is 10.1. The Labute approximate surface area is 121 Å². The van der Waals surface area contributed by atoms with Crippen molar-refractivity contribution in [3.05, 3.63) is 71.5 Å². The highest BCUT2D eigenvalue weighted by Crippen LogP contribution is 2.11. The number of aliphatic carboxylic acids is 1. The smallest absolute Gasteiger partial charge is 0.323 e. The molecule has 0 aliphatic carbocycles. The Balaban J connectivity index is 2.23. The van der Waals surface area contributed by atoms with Gasteiger partial charge in [0.2, 0.25) is 0 Å². The average Bonchev–Trinajstić information content (AvgIpc) is 2.46. The fourth-order valence-electron chi connectivity index (χ4n) is 1.97. The Morgan fingerprint density at radius 3 is 2.38 bits per heavy atom. The Bertz CT molecular complexity index is 643. The van der Waals surface area contributed by atoms with Crippen LogP contribution in [0.3, 0.4) is 0 Å². The quantitative estimate of drug-likeness (QED) is 0.919. The van der Waals surface area contributed by atoms with Crippen molar-refractivity contribution in [2.24, 2.45) is 0 Å². The first kappa shape index (κ1) is 14.7. The minimum Gasteiger partial charge on any atom is -0.480 e. The van der Waals surface area contributed by atoms with Crippen LogP contribution in [0.5, 0.6) is 0 Å². The number of carbonyl (C=O) groups is 2. The first-order chi connectivity index (χ1) is 10.1. The molecule has 5 heteroatoms. The summed E-state index contributed by atoms with van der Waals surface area (Å²) in [5.41, 5.74) is 0.940. The van der Waals surface area contributed by atoms with Crippen LogP contribution in [0.4, 0.5) is 4.39 Å². The number of hydrogen-bond acceptors (Lipinski definition) is 2. The van der Waals surface area contributed by atoms with E-state index in [1.165, 1.54) is 23.1 Å². The summed E-state index contributed by atoms with van der Waals surface area (Å²) in [5, 5.41) is 8.94. The molecular weight excluding hydrogens is 273 g/mol. The molecule has 2 rings (SSSR count). The van der Waals surface area contributed by atoms with E-state index in [1.54, 1.807) is 24.3 Å². The van der Waals surface area contributed by atoms with Crippen molar-refractivity contribution in [1.82, 2.24) is 4.90 Å². The lowest BCUT2D eigenvalue weighted by Crippen LogP contribution is -2.35. The SMILES string of the molecule is O=C(O)CN(Cc1ccccc1)C(=O)c1cccc(F)c1. The number of amides is 1. The molecule has 0 unspecified atom stereocenters. The predicted octanol–water partition coefficient (Wildman–Crippen LogP) is 2.55. The van der Waals surface area contributed by atoms with E-state index in [0.717, 1.165) is 11.6 Å². The molecule has 0 fully saturated rings. The molecule has 2 aromatic rings. The third-order valence-corrected chi connectivity index (χ3v) is 2.90. The van der Waals surface area contributed by atoms with Gasteiger partial charge in [-0.25, -0.2) is 4.39 Å². The molecule has 4 nitrogen and oxygen atoms in total. The number of rotatable bonds is 5. The van der Waals surface area contributed by atoms with Gasteiger partial charge in [-0.15, -0.1) is 0 Å². The molecule has 0 spiro atoms. The molecule has 0 aliphatic rings. The van der Waals surface area contributed by atoms with Crippen molar-refractivity contribution in [2.75, 3.05) is 6.54 Å². The summed E-state index contributed by atoms with van der Waals surface area (Å²) in [7, 11) is 0. The van der Waals surface area contributed by atoms with Gasteiger partial charge in [-0.3, -0.25) is 9.59 Å². The topological polar surface area (TPSA) is 57.6 Å². The molecule has 0 saturated carbocycles. The van der Waals surface area contributed by atoms with Crippen molar-refractivity contribution in [3.8, 4) is 0 Å². The largest absolute Gasteiger partial charge is 0.480 e. The monoisotopic (exact) mass is 287 g/mol. The van der Waals surface area contributed by atoms with Gasteiger partial charge in [0.25, 0.3) is 5.91 Å². The zero-order valence-electron chi connectivity index (χ0n) is 11.2. The van der Waals surface area contributed by atoms with Crippen LogP contribution < -0.4 is 0 Å². The van der Waals surface area contributed by atoms with Crippen molar-refractivity contribution < 1.29 is 19.1 Å². The Morgan fingerprint density at radius 2 is 1.76 bits per heavy atom. The van der Waals surface area contributed by atoms with Gasteiger partial charge in [-0.05, 0) is 23.8 Å². The molecule has 0 heterocycles. The number of carboxylic acid groups (broad SMARTS) is 1. The summed E-state index contributed by atoms with van der Waals surface area (Å²) < 4.78 is 13.2. The molecule has 0 radical (unpaired) electrons. The standard InChI is InChI=1S/C16H14FNO3/c17-14-8-4-7-13(9-14)16(21)18(11-15(19)20)10-12-5-2-1-3-6-12/h1-9H,10-11H2,(H,19,20). The van der Waals surface area contributed by atoms with E-state index >= 15 is 0 Å². The lowest BCUT2D eigenvalue weighted by atomic mass is 10.1. The maximum Gasteiger partial charge on any atom is 0.323 e. The molecule has 0 saturated heterocycles. The van der Waals surface area contributed by atoms with Gasteiger partial charge >= 0.3 is 5.97 Å². The fraction of sp³-hybridized carbons (Fsp3) is 0.125. The minimum atomic E-state index is -1.12. The Kier molecular flexibility index (Phi) is 4.66. The summed E-state index contributed by atoms with van der Waals surface area (Å²) in [5.74, 6) is -2.16. The first-order valence-electron chi connectivity index (χ1n) is 6.37. The van der Waals surface area contributed by atoms with Crippen LogP contribution in [0.1, 0.15) is 15.9 Å². The molecular formula is C16H14FNO3. The van der Waals surface area contributed by atoms with Crippen molar-refractivity contribution >= 4 is 11.9 Å². The van der Waals surface area contributed by atoms with Crippen LogP contribution in [0, 0.1) is 5.82 Å². The Morgan fingerprint density at radius 1 is 1.05 bits per heavy atom. The molecule has 0 aliphatic heterocycles. The zero-order valence-corrected chi connectivity index (χ0v) is 11.2. The minimum absolute atomic E-state index is 0.132. The molecule has 1 amide bonds. The van der Waals surface area contributed by atoms with Crippen LogP contribution in [0.15, 0.2) is 54.6 Å². The molecule has 0 atom stereocenters. The highest BCUT2D eigenvalue weighted by Gasteiger charge is 2.19. The summed E-state index contributed by atoms with van der Waals surface area (Å²) in [6, 6.07) is 14.3. The zero-order chi connectivity index (χ0) is 15.2. The molecule has 0 bridgehead atoms. The second-order valence-electron chi connectivity index (χ2n) is 4.55. The van der Waals surface area contributed by atoms with Crippen LogP contribution in [-0.4, -0.2) is 28.4 Å². The predicted molar refractivity (Wildman–Crippen MR) is 75.2 cm³/mol. The van der Waals surface area contributed by atoms with Gasteiger partial charge in [-0.1, -0.05) is 36.4 Å². The van der Waals surface area contributed by atoms with Gasteiger partial charge in [0.15, 0.2) is 0 Å². The summed E-state index contributed by atoms with van der Waals surface area (Å²) in [4.78, 5) is 24.4.